The van der Waals surface area contributed by atoms with Crippen molar-refractivity contribution in [3.63, 3.8) is 0 Å². The van der Waals surface area contributed by atoms with E-state index in [-0.39, 0.29) is 29.0 Å². The SMILES string of the molecule is CCOc1cc(C=NNC(=O)COc2ccc(C(C)(C)C)cc2)ccc1OC(=O)c1ccc([N+](=O)[O-])cc1. The molecular formula is C28H29N3O7. The second-order valence-corrected chi connectivity index (χ2v) is 9.19. The van der Waals surface area contributed by atoms with Crippen LogP contribution in [0.1, 0.15) is 49.2 Å². The predicted octanol–water partition coefficient (Wildman–Crippen LogP) is 5.04. The molecule has 0 atom stereocenters. The largest absolute Gasteiger partial charge is 0.490 e. The maximum absolute atomic E-state index is 12.5. The molecule has 0 unspecified atom stereocenters. The van der Waals surface area contributed by atoms with Crippen molar-refractivity contribution in [1.82, 2.24) is 5.43 Å². The Balaban J connectivity index is 1.57. The van der Waals surface area contributed by atoms with E-state index in [1.807, 2.05) is 24.3 Å². The fourth-order valence-corrected chi connectivity index (χ4v) is 3.25. The minimum atomic E-state index is -0.692. The molecule has 0 aliphatic rings. The Morgan fingerprint density at radius 1 is 0.974 bits per heavy atom. The standard InChI is InChI=1S/C28H29N3O7/c1-5-36-25-16-19(6-15-24(25)38-27(33)20-7-11-22(12-8-20)31(34)35)17-29-30-26(32)18-37-23-13-9-21(10-14-23)28(2,3)4/h6-17H,5,18H2,1-4H3,(H,30,32). The molecule has 0 aliphatic carbocycles. The number of ether oxygens (including phenoxy) is 3. The Bertz CT molecular complexity index is 1310. The number of hydrazone groups is 1. The van der Waals surface area contributed by atoms with Gasteiger partial charge in [0.25, 0.3) is 11.6 Å². The highest BCUT2D eigenvalue weighted by Crippen LogP contribution is 2.29. The minimum Gasteiger partial charge on any atom is -0.490 e. The zero-order valence-electron chi connectivity index (χ0n) is 21.6. The summed E-state index contributed by atoms with van der Waals surface area (Å²) in [5, 5.41) is 14.7. The van der Waals surface area contributed by atoms with Crippen molar-refractivity contribution in [2.75, 3.05) is 13.2 Å². The number of nitrogens with one attached hydrogen (secondary N) is 1. The number of nitro groups is 1. The molecule has 1 N–H and O–H groups in total. The van der Waals surface area contributed by atoms with Crippen molar-refractivity contribution in [3.8, 4) is 17.2 Å². The molecule has 1 amide bonds. The summed E-state index contributed by atoms with van der Waals surface area (Å²) >= 11 is 0. The Morgan fingerprint density at radius 2 is 1.66 bits per heavy atom. The molecule has 0 saturated carbocycles. The van der Waals surface area contributed by atoms with Gasteiger partial charge in [0.1, 0.15) is 5.75 Å². The van der Waals surface area contributed by atoms with Crippen molar-refractivity contribution in [1.29, 1.82) is 0 Å². The average Bonchev–Trinajstić information content (AvgIpc) is 2.88. The summed E-state index contributed by atoms with van der Waals surface area (Å²) in [5.41, 5.74) is 4.20. The van der Waals surface area contributed by atoms with Gasteiger partial charge in [-0.05, 0) is 65.9 Å². The van der Waals surface area contributed by atoms with Gasteiger partial charge in [-0.15, -0.1) is 0 Å². The first kappa shape index (κ1) is 27.9. The van der Waals surface area contributed by atoms with Gasteiger partial charge in [-0.25, -0.2) is 10.2 Å². The number of non-ortho nitro benzene ring substituents is 1. The van der Waals surface area contributed by atoms with Crippen molar-refractivity contribution in [3.05, 3.63) is 93.5 Å². The zero-order chi connectivity index (χ0) is 27.7. The number of benzene rings is 3. The normalized spacial score (nSPS) is 11.2. The van der Waals surface area contributed by atoms with Gasteiger partial charge < -0.3 is 14.2 Å². The smallest absolute Gasteiger partial charge is 0.343 e. The van der Waals surface area contributed by atoms with Gasteiger partial charge in [0, 0.05) is 12.1 Å². The molecule has 3 aromatic rings. The molecule has 0 heterocycles. The number of hydrogen-bond acceptors (Lipinski definition) is 8. The van der Waals surface area contributed by atoms with E-state index in [9.17, 15) is 19.7 Å². The van der Waals surface area contributed by atoms with Crippen molar-refractivity contribution >= 4 is 23.8 Å². The van der Waals surface area contributed by atoms with Crippen LogP contribution in [0.4, 0.5) is 5.69 Å². The fourth-order valence-electron chi connectivity index (χ4n) is 3.25. The number of esters is 1. The summed E-state index contributed by atoms with van der Waals surface area (Å²) < 4.78 is 16.5. The Hall–Kier alpha value is -4.73. The van der Waals surface area contributed by atoms with E-state index in [0.29, 0.717) is 23.7 Å². The zero-order valence-corrected chi connectivity index (χ0v) is 21.6. The number of nitro benzene ring substituents is 1. The van der Waals surface area contributed by atoms with Crippen LogP contribution in [0.15, 0.2) is 71.8 Å². The monoisotopic (exact) mass is 519 g/mol. The van der Waals surface area contributed by atoms with E-state index in [0.717, 1.165) is 5.56 Å². The van der Waals surface area contributed by atoms with Gasteiger partial charge in [0.2, 0.25) is 0 Å². The summed E-state index contributed by atoms with van der Waals surface area (Å²) in [6, 6.07) is 17.4. The molecule has 0 bridgehead atoms. The minimum absolute atomic E-state index is 0.0275. The molecule has 0 fully saturated rings. The highest BCUT2D eigenvalue weighted by Gasteiger charge is 2.15. The third-order valence-corrected chi connectivity index (χ3v) is 5.28. The molecule has 3 aromatic carbocycles. The van der Waals surface area contributed by atoms with Crippen LogP contribution in [0.5, 0.6) is 17.2 Å². The Labute approximate surface area is 220 Å². The lowest BCUT2D eigenvalue weighted by Gasteiger charge is -2.19. The van der Waals surface area contributed by atoms with Gasteiger partial charge in [-0.1, -0.05) is 32.9 Å². The summed E-state index contributed by atoms with van der Waals surface area (Å²) in [5.74, 6) is -0.0814. The van der Waals surface area contributed by atoms with Gasteiger partial charge in [-0.2, -0.15) is 5.10 Å². The van der Waals surface area contributed by atoms with Crippen LogP contribution in [0, 0.1) is 10.1 Å². The van der Waals surface area contributed by atoms with Crippen molar-refractivity contribution < 1.29 is 28.7 Å². The molecule has 0 aromatic heterocycles. The summed E-state index contributed by atoms with van der Waals surface area (Å²) in [7, 11) is 0. The molecule has 0 radical (unpaired) electrons. The van der Waals surface area contributed by atoms with Gasteiger partial charge in [0.05, 0.1) is 23.3 Å². The second-order valence-electron chi connectivity index (χ2n) is 9.19. The third-order valence-electron chi connectivity index (χ3n) is 5.28. The Kier molecular flexibility index (Phi) is 9.15. The van der Waals surface area contributed by atoms with Gasteiger partial charge in [0.15, 0.2) is 18.1 Å². The molecular weight excluding hydrogens is 490 g/mol. The van der Waals surface area contributed by atoms with Crippen LogP contribution < -0.4 is 19.6 Å². The summed E-state index contributed by atoms with van der Waals surface area (Å²) in [4.78, 5) is 34.8. The van der Waals surface area contributed by atoms with Gasteiger partial charge in [-0.3, -0.25) is 14.9 Å². The highest BCUT2D eigenvalue weighted by molar-refractivity contribution is 5.92. The number of nitrogens with zero attached hydrogens (tertiary/aromatic N) is 2. The highest BCUT2D eigenvalue weighted by atomic mass is 16.6. The molecule has 3 rings (SSSR count). The van der Waals surface area contributed by atoms with Crippen LogP contribution in [-0.4, -0.2) is 36.2 Å². The van der Waals surface area contributed by atoms with Crippen LogP contribution in [0.2, 0.25) is 0 Å². The Morgan fingerprint density at radius 3 is 2.26 bits per heavy atom. The molecule has 10 nitrogen and oxygen atoms in total. The second kappa shape index (κ2) is 12.5. The van der Waals surface area contributed by atoms with E-state index >= 15 is 0 Å². The number of amides is 1. The van der Waals surface area contributed by atoms with E-state index in [1.165, 1.54) is 36.5 Å². The summed E-state index contributed by atoms with van der Waals surface area (Å²) in [6.45, 7) is 8.25. The fraction of sp³-hybridized carbons (Fsp3) is 0.250. The van der Waals surface area contributed by atoms with Crippen molar-refractivity contribution in [2.45, 2.75) is 33.1 Å². The van der Waals surface area contributed by atoms with Gasteiger partial charge >= 0.3 is 5.97 Å². The van der Waals surface area contributed by atoms with E-state index in [4.69, 9.17) is 14.2 Å². The predicted molar refractivity (Wildman–Crippen MR) is 142 cm³/mol. The number of carbonyl (C=O) groups is 2. The van der Waals surface area contributed by atoms with E-state index in [2.05, 4.69) is 31.3 Å². The quantitative estimate of drug-likeness (QED) is 0.131. The molecule has 10 heteroatoms. The molecule has 0 spiro atoms. The number of hydrogen-bond donors (Lipinski definition) is 1. The lowest BCUT2D eigenvalue weighted by Crippen LogP contribution is -2.24. The lowest BCUT2D eigenvalue weighted by atomic mass is 9.87. The van der Waals surface area contributed by atoms with Crippen LogP contribution in [0.3, 0.4) is 0 Å². The molecule has 198 valence electrons. The maximum Gasteiger partial charge on any atom is 0.343 e. The topological polar surface area (TPSA) is 129 Å². The third kappa shape index (κ3) is 7.89. The first-order chi connectivity index (χ1) is 18.1. The van der Waals surface area contributed by atoms with Crippen LogP contribution in [-0.2, 0) is 10.2 Å². The lowest BCUT2D eigenvalue weighted by molar-refractivity contribution is -0.384. The first-order valence-corrected chi connectivity index (χ1v) is 11.9. The average molecular weight is 520 g/mol. The van der Waals surface area contributed by atoms with Crippen LogP contribution >= 0.6 is 0 Å². The maximum atomic E-state index is 12.5. The number of rotatable bonds is 10. The van der Waals surface area contributed by atoms with E-state index < -0.39 is 16.8 Å². The van der Waals surface area contributed by atoms with Crippen molar-refractivity contribution in [2.24, 2.45) is 5.10 Å². The first-order valence-electron chi connectivity index (χ1n) is 11.9. The van der Waals surface area contributed by atoms with E-state index in [1.54, 1.807) is 19.1 Å². The molecule has 38 heavy (non-hydrogen) atoms. The van der Waals surface area contributed by atoms with Crippen LogP contribution in [0.25, 0.3) is 0 Å². The number of carbonyl (C=O) groups excluding carboxylic acids is 2. The molecule has 0 aliphatic heterocycles. The molecule has 0 saturated heterocycles. The summed E-state index contributed by atoms with van der Waals surface area (Å²) in [6.07, 6.45) is 1.42.